The van der Waals surface area contributed by atoms with Gasteiger partial charge in [-0.05, 0) is 61.3 Å². The zero-order valence-corrected chi connectivity index (χ0v) is 18.0. The molecule has 4 rings (SSSR count). The molecule has 3 nitrogen and oxygen atoms in total. The van der Waals surface area contributed by atoms with Gasteiger partial charge < -0.3 is 9.64 Å². The molecule has 0 unspecified atom stereocenters. The molecule has 1 aliphatic carbocycles. The van der Waals surface area contributed by atoms with E-state index in [-0.39, 0.29) is 11.3 Å². The molecule has 1 amide bonds. The van der Waals surface area contributed by atoms with Gasteiger partial charge >= 0.3 is 0 Å². The van der Waals surface area contributed by atoms with Gasteiger partial charge in [-0.2, -0.15) is 0 Å². The van der Waals surface area contributed by atoms with Crippen LogP contribution in [-0.2, 0) is 16.6 Å². The van der Waals surface area contributed by atoms with Crippen molar-refractivity contribution in [2.75, 3.05) is 20.2 Å². The summed E-state index contributed by atoms with van der Waals surface area (Å²) in [4.78, 5) is 15.2. The molecule has 1 saturated heterocycles. The monoisotopic (exact) mass is 391 g/mol. The predicted molar refractivity (Wildman–Crippen MR) is 117 cm³/mol. The predicted octanol–water partition coefficient (Wildman–Crippen LogP) is 5.15. The van der Waals surface area contributed by atoms with E-state index in [1.54, 1.807) is 7.11 Å². The number of piperidine rings is 1. The van der Waals surface area contributed by atoms with E-state index in [1.165, 1.54) is 30.4 Å². The number of ether oxygens (including phenoxy) is 1. The minimum Gasteiger partial charge on any atom is -0.497 e. The van der Waals surface area contributed by atoms with Gasteiger partial charge in [-0.3, -0.25) is 4.79 Å². The van der Waals surface area contributed by atoms with Gasteiger partial charge in [-0.15, -0.1) is 0 Å². The Morgan fingerprint density at radius 1 is 1.17 bits per heavy atom. The van der Waals surface area contributed by atoms with E-state index < -0.39 is 0 Å². The highest BCUT2D eigenvalue weighted by Crippen LogP contribution is 2.51. The van der Waals surface area contributed by atoms with Crippen molar-refractivity contribution in [2.24, 2.45) is 11.8 Å². The highest BCUT2D eigenvalue weighted by Gasteiger charge is 2.47. The summed E-state index contributed by atoms with van der Waals surface area (Å²) in [6.45, 7) is 6.20. The van der Waals surface area contributed by atoms with Crippen LogP contribution in [-0.4, -0.2) is 31.0 Å². The first-order valence-corrected chi connectivity index (χ1v) is 11.0. The molecular weight excluding hydrogens is 358 g/mol. The smallest absolute Gasteiger partial charge is 0.226 e. The summed E-state index contributed by atoms with van der Waals surface area (Å²) >= 11 is 0. The van der Waals surface area contributed by atoms with Gasteiger partial charge in [0.15, 0.2) is 0 Å². The summed E-state index contributed by atoms with van der Waals surface area (Å²) in [7, 11) is 1.74. The van der Waals surface area contributed by atoms with E-state index in [9.17, 15) is 4.79 Å². The summed E-state index contributed by atoms with van der Waals surface area (Å²) in [5, 5.41) is 0. The first kappa shape index (κ1) is 20.0. The summed E-state index contributed by atoms with van der Waals surface area (Å²) in [6, 6.07) is 17.0. The van der Waals surface area contributed by atoms with E-state index in [0.29, 0.717) is 12.3 Å². The molecule has 0 radical (unpaired) electrons. The quantitative estimate of drug-likeness (QED) is 0.721. The molecule has 0 aromatic heterocycles. The molecule has 0 spiro atoms. The molecule has 2 aromatic rings. The number of fused-ring (bicyclic) bond motifs is 1. The second-order valence-electron chi connectivity index (χ2n) is 9.22. The third-order valence-electron chi connectivity index (χ3n) is 7.24. The number of rotatable bonds is 4. The molecule has 2 fully saturated rings. The first-order chi connectivity index (χ1) is 14.0. The van der Waals surface area contributed by atoms with Crippen molar-refractivity contribution in [3.05, 3.63) is 65.2 Å². The fourth-order valence-electron chi connectivity index (χ4n) is 5.57. The number of nitrogens with zero attached hydrogens (tertiary/aromatic N) is 1. The van der Waals surface area contributed by atoms with Crippen LogP contribution in [0.25, 0.3) is 0 Å². The molecule has 3 atom stereocenters. The Labute approximate surface area is 175 Å². The van der Waals surface area contributed by atoms with Crippen LogP contribution in [0.15, 0.2) is 48.5 Å². The number of aryl methyl sites for hydroxylation is 1. The van der Waals surface area contributed by atoms with Crippen LogP contribution in [0.1, 0.15) is 49.3 Å². The van der Waals surface area contributed by atoms with E-state index in [1.807, 2.05) is 6.07 Å². The number of carbonyl (C=O) groups excluding carboxylic acids is 1. The molecular formula is C26H33NO2. The molecule has 2 aromatic carbocycles. The average molecular weight is 392 g/mol. The van der Waals surface area contributed by atoms with Crippen LogP contribution >= 0.6 is 0 Å². The molecule has 1 heterocycles. The third-order valence-corrected chi connectivity index (χ3v) is 7.24. The molecule has 154 valence electrons. The lowest BCUT2D eigenvalue weighted by molar-refractivity contribution is -0.134. The zero-order chi connectivity index (χ0) is 20.4. The molecule has 29 heavy (non-hydrogen) atoms. The Morgan fingerprint density at radius 2 is 1.97 bits per heavy atom. The van der Waals surface area contributed by atoms with Crippen LogP contribution < -0.4 is 4.74 Å². The molecule has 0 N–H and O–H groups in total. The van der Waals surface area contributed by atoms with Crippen molar-refractivity contribution in [2.45, 2.75) is 51.4 Å². The number of methoxy groups -OCH3 is 1. The fraction of sp³-hybridized carbons (Fsp3) is 0.500. The van der Waals surface area contributed by atoms with Crippen molar-refractivity contribution < 1.29 is 9.53 Å². The van der Waals surface area contributed by atoms with Crippen molar-refractivity contribution in [3.8, 4) is 5.75 Å². The van der Waals surface area contributed by atoms with E-state index >= 15 is 0 Å². The maximum atomic E-state index is 13.0. The van der Waals surface area contributed by atoms with Crippen molar-refractivity contribution >= 4 is 5.91 Å². The lowest BCUT2D eigenvalue weighted by Crippen LogP contribution is -2.54. The second kappa shape index (κ2) is 8.22. The Morgan fingerprint density at radius 3 is 2.72 bits per heavy atom. The maximum Gasteiger partial charge on any atom is 0.226 e. The molecule has 0 bridgehead atoms. The molecule has 1 saturated carbocycles. The van der Waals surface area contributed by atoms with Gasteiger partial charge in [0.2, 0.25) is 5.91 Å². The topological polar surface area (TPSA) is 29.5 Å². The zero-order valence-electron chi connectivity index (χ0n) is 18.0. The van der Waals surface area contributed by atoms with Crippen molar-refractivity contribution in [1.29, 1.82) is 0 Å². The van der Waals surface area contributed by atoms with Gasteiger partial charge in [0, 0.05) is 18.5 Å². The van der Waals surface area contributed by atoms with Gasteiger partial charge in [-0.25, -0.2) is 0 Å². The second-order valence-corrected chi connectivity index (χ2v) is 9.22. The highest BCUT2D eigenvalue weighted by molar-refractivity contribution is 5.79. The van der Waals surface area contributed by atoms with Crippen LogP contribution in [0.2, 0.25) is 0 Å². The fourth-order valence-corrected chi connectivity index (χ4v) is 5.57. The molecule has 1 aliphatic heterocycles. The van der Waals surface area contributed by atoms with E-state index in [4.69, 9.17) is 4.74 Å². The van der Waals surface area contributed by atoms with Crippen molar-refractivity contribution in [3.63, 3.8) is 0 Å². The normalized spacial score (nSPS) is 26.7. The number of hydrogen-bond acceptors (Lipinski definition) is 2. The number of likely N-dealkylation sites (tertiary alicyclic amines) is 1. The van der Waals surface area contributed by atoms with Gasteiger partial charge in [0.05, 0.1) is 13.5 Å². The number of hydrogen-bond donors (Lipinski definition) is 0. The Hall–Kier alpha value is -2.29. The Balaban J connectivity index is 1.54. The SMILES string of the molecule is COc1cccc([C@@]23CCN(C(=O)Cc4ccc(C)cc4)C[C@@H]2CC[C@H](C)C3)c1. The lowest BCUT2D eigenvalue weighted by atomic mass is 9.57. The summed E-state index contributed by atoms with van der Waals surface area (Å²) in [5.74, 6) is 2.47. The van der Waals surface area contributed by atoms with Crippen LogP contribution in [0.5, 0.6) is 5.75 Å². The minimum atomic E-state index is 0.173. The minimum absolute atomic E-state index is 0.173. The van der Waals surface area contributed by atoms with E-state index in [0.717, 1.165) is 36.7 Å². The summed E-state index contributed by atoms with van der Waals surface area (Å²) < 4.78 is 5.52. The third kappa shape index (κ3) is 4.05. The average Bonchev–Trinajstić information content (AvgIpc) is 2.74. The van der Waals surface area contributed by atoms with E-state index in [2.05, 4.69) is 61.2 Å². The number of carbonyl (C=O) groups is 1. The molecule has 3 heteroatoms. The van der Waals surface area contributed by atoms with Gasteiger partial charge in [0.25, 0.3) is 0 Å². The highest BCUT2D eigenvalue weighted by atomic mass is 16.5. The summed E-state index contributed by atoms with van der Waals surface area (Å²) in [6.07, 6.45) is 5.23. The summed E-state index contributed by atoms with van der Waals surface area (Å²) in [5.41, 5.74) is 3.92. The standard InChI is InChI=1S/C26H33NO2/c1-19-7-10-21(11-8-19)15-25(28)27-14-13-26(17-20(2)9-12-23(26)18-27)22-5-4-6-24(16-22)29-3/h4-8,10-11,16,20,23H,9,12-15,17-18H2,1-3H3/t20-,23-,26-/m0/s1. The number of benzene rings is 2. The van der Waals surface area contributed by atoms with Crippen LogP contribution in [0, 0.1) is 18.8 Å². The Bertz CT molecular complexity index is 859. The maximum absolute atomic E-state index is 13.0. The number of amides is 1. The van der Waals surface area contributed by atoms with Crippen molar-refractivity contribution in [1.82, 2.24) is 4.90 Å². The Kier molecular flexibility index (Phi) is 5.67. The largest absolute Gasteiger partial charge is 0.497 e. The first-order valence-electron chi connectivity index (χ1n) is 11.0. The lowest BCUT2D eigenvalue weighted by Gasteiger charge is -2.52. The van der Waals surface area contributed by atoms with Crippen LogP contribution in [0.4, 0.5) is 0 Å². The van der Waals surface area contributed by atoms with Gasteiger partial charge in [-0.1, -0.05) is 55.3 Å². The molecule has 2 aliphatic rings. The van der Waals surface area contributed by atoms with Crippen LogP contribution in [0.3, 0.4) is 0 Å². The van der Waals surface area contributed by atoms with Gasteiger partial charge in [0.1, 0.15) is 5.75 Å².